The first-order valence-corrected chi connectivity index (χ1v) is 9.44. The molecule has 0 bridgehead atoms. The van der Waals surface area contributed by atoms with Crippen LogP contribution in [-0.4, -0.2) is 34.0 Å². The van der Waals surface area contributed by atoms with Gasteiger partial charge in [-0.25, -0.2) is 4.98 Å². The summed E-state index contributed by atoms with van der Waals surface area (Å²) >= 11 is 8.08. The summed E-state index contributed by atoms with van der Waals surface area (Å²) in [6.45, 7) is 4.09. The Morgan fingerprint density at radius 2 is 2.17 bits per heavy atom. The van der Waals surface area contributed by atoms with E-state index < -0.39 is 0 Å². The number of rotatable bonds is 5. The lowest BCUT2D eigenvalue weighted by Crippen LogP contribution is -2.35. The van der Waals surface area contributed by atoms with Crippen LogP contribution in [0.5, 0.6) is 0 Å². The molecule has 1 N–H and O–H groups in total. The topological polar surface area (TPSA) is 41.1 Å². The third-order valence-electron chi connectivity index (χ3n) is 5.24. The first-order valence-electron chi connectivity index (χ1n) is 8.18. The minimum atomic E-state index is 0.516. The van der Waals surface area contributed by atoms with Gasteiger partial charge in [0.15, 0.2) is 0 Å². The van der Waals surface area contributed by atoms with E-state index in [9.17, 15) is 0 Å². The first kappa shape index (κ1) is 15.5. The average Bonchev–Trinajstić information content (AvgIpc) is 3.01. The lowest BCUT2D eigenvalue weighted by atomic mass is 9.93. The summed E-state index contributed by atoms with van der Waals surface area (Å²) in [5.74, 6) is 0. The van der Waals surface area contributed by atoms with E-state index in [2.05, 4.69) is 25.6 Å². The Hall–Kier alpha value is -1.01. The summed E-state index contributed by atoms with van der Waals surface area (Å²) < 4.78 is 0. The van der Waals surface area contributed by atoms with Gasteiger partial charge in [-0.3, -0.25) is 9.88 Å². The maximum atomic E-state index is 6.34. The highest BCUT2D eigenvalue weighted by atomic mass is 35.5. The molecular weight excluding hydrogens is 328 g/mol. The summed E-state index contributed by atoms with van der Waals surface area (Å²) in [4.78, 5) is 11.2. The maximum Gasteiger partial charge on any atom is 0.107 e. The fourth-order valence-electron chi connectivity index (χ4n) is 3.84. The van der Waals surface area contributed by atoms with Crippen LogP contribution < -0.4 is 5.32 Å². The molecular formula is C17H21ClN4S. The number of halogens is 1. The van der Waals surface area contributed by atoms with Gasteiger partial charge in [-0.05, 0) is 49.4 Å². The number of nitrogens with zero attached hydrogens (tertiary/aromatic N) is 3. The van der Waals surface area contributed by atoms with E-state index in [0.717, 1.165) is 36.8 Å². The monoisotopic (exact) mass is 348 g/mol. The number of piperidine rings is 1. The van der Waals surface area contributed by atoms with Gasteiger partial charge in [0.1, 0.15) is 5.01 Å². The van der Waals surface area contributed by atoms with Crippen molar-refractivity contribution in [3.8, 4) is 0 Å². The van der Waals surface area contributed by atoms with Crippen molar-refractivity contribution in [2.75, 3.05) is 13.1 Å². The number of thiazole rings is 1. The molecule has 2 fully saturated rings. The molecule has 1 aliphatic carbocycles. The highest BCUT2D eigenvalue weighted by molar-refractivity contribution is 7.09. The standard InChI is InChI=1S/C17H21ClN4S/c18-14-10-20-4-1-13(14)11-22(12-16-21-7-8-23-16)15-9-17(15)2-5-19-6-3-17/h1,4,7-8,10,15,19H,2-3,5-6,9,11-12H2/t15-/m0/s1. The fourth-order valence-corrected chi connectivity index (χ4v) is 4.66. The van der Waals surface area contributed by atoms with Crippen molar-refractivity contribution in [2.45, 2.75) is 38.4 Å². The maximum absolute atomic E-state index is 6.34. The van der Waals surface area contributed by atoms with Gasteiger partial charge in [-0.1, -0.05) is 11.6 Å². The smallest absolute Gasteiger partial charge is 0.107 e. The van der Waals surface area contributed by atoms with Gasteiger partial charge in [0.2, 0.25) is 0 Å². The molecule has 0 unspecified atom stereocenters. The molecule has 1 saturated heterocycles. The zero-order chi connectivity index (χ0) is 15.7. The van der Waals surface area contributed by atoms with E-state index in [1.807, 2.05) is 18.5 Å². The Morgan fingerprint density at radius 3 is 2.91 bits per heavy atom. The summed E-state index contributed by atoms with van der Waals surface area (Å²) in [6.07, 6.45) is 9.35. The molecule has 4 nitrogen and oxygen atoms in total. The normalized spacial score (nSPS) is 22.6. The van der Waals surface area contributed by atoms with Crippen molar-refractivity contribution < 1.29 is 0 Å². The molecule has 1 spiro atoms. The van der Waals surface area contributed by atoms with Crippen molar-refractivity contribution >= 4 is 22.9 Å². The molecule has 1 saturated carbocycles. The summed E-state index contributed by atoms with van der Waals surface area (Å²) in [7, 11) is 0. The number of hydrogen-bond donors (Lipinski definition) is 1. The number of aromatic nitrogens is 2. The molecule has 6 heteroatoms. The molecule has 1 aliphatic heterocycles. The van der Waals surface area contributed by atoms with Crippen LogP contribution in [0.25, 0.3) is 0 Å². The number of pyridine rings is 1. The zero-order valence-electron chi connectivity index (χ0n) is 13.0. The molecule has 1 atom stereocenters. The second-order valence-corrected chi connectivity index (χ2v) is 8.02. The third kappa shape index (κ3) is 3.29. The zero-order valence-corrected chi connectivity index (χ0v) is 14.6. The van der Waals surface area contributed by atoms with Gasteiger partial charge in [-0.2, -0.15) is 0 Å². The lowest BCUT2D eigenvalue weighted by Gasteiger charge is -2.29. The SMILES string of the molecule is Clc1cnccc1CN(Cc1nccs1)[C@H]1CC12CCNCC2. The largest absolute Gasteiger partial charge is 0.317 e. The molecule has 23 heavy (non-hydrogen) atoms. The molecule has 0 amide bonds. The number of nitrogens with one attached hydrogen (secondary N) is 1. The predicted molar refractivity (Wildman–Crippen MR) is 93.5 cm³/mol. The molecule has 0 aromatic carbocycles. The minimum Gasteiger partial charge on any atom is -0.317 e. The summed E-state index contributed by atoms with van der Waals surface area (Å²) in [5.41, 5.74) is 1.68. The van der Waals surface area contributed by atoms with E-state index in [1.54, 1.807) is 17.5 Å². The van der Waals surface area contributed by atoms with Crippen molar-refractivity contribution in [1.82, 2.24) is 20.2 Å². The van der Waals surface area contributed by atoms with Gasteiger partial charge in [-0.15, -0.1) is 11.3 Å². The van der Waals surface area contributed by atoms with Gasteiger partial charge in [0.25, 0.3) is 0 Å². The molecule has 2 aromatic rings. The molecule has 4 rings (SSSR count). The highest BCUT2D eigenvalue weighted by Gasteiger charge is 2.56. The highest BCUT2D eigenvalue weighted by Crippen LogP contribution is 2.56. The van der Waals surface area contributed by atoms with Crippen molar-refractivity contribution in [3.05, 3.63) is 45.6 Å². The quantitative estimate of drug-likeness (QED) is 0.899. The van der Waals surface area contributed by atoms with E-state index in [1.165, 1.54) is 24.3 Å². The first-order chi connectivity index (χ1) is 11.3. The average molecular weight is 349 g/mol. The minimum absolute atomic E-state index is 0.516. The Kier molecular flexibility index (Phi) is 4.37. The molecule has 2 aromatic heterocycles. The second-order valence-electron chi connectivity index (χ2n) is 6.63. The Morgan fingerprint density at radius 1 is 1.30 bits per heavy atom. The van der Waals surface area contributed by atoms with Gasteiger partial charge in [0, 0.05) is 36.6 Å². The van der Waals surface area contributed by atoms with Crippen LogP contribution in [0.2, 0.25) is 5.02 Å². The van der Waals surface area contributed by atoms with E-state index in [0.29, 0.717) is 11.5 Å². The van der Waals surface area contributed by atoms with E-state index in [4.69, 9.17) is 11.6 Å². The second kappa shape index (κ2) is 6.48. The van der Waals surface area contributed by atoms with Gasteiger partial charge in [0.05, 0.1) is 11.6 Å². The Bertz CT molecular complexity index is 654. The van der Waals surface area contributed by atoms with Crippen LogP contribution in [0.15, 0.2) is 30.0 Å². The van der Waals surface area contributed by atoms with Gasteiger partial charge >= 0.3 is 0 Å². The molecule has 3 heterocycles. The van der Waals surface area contributed by atoms with Crippen LogP contribution in [0.4, 0.5) is 0 Å². The lowest BCUT2D eigenvalue weighted by molar-refractivity contribution is 0.188. The van der Waals surface area contributed by atoms with Crippen LogP contribution in [-0.2, 0) is 13.1 Å². The van der Waals surface area contributed by atoms with Crippen LogP contribution in [0.1, 0.15) is 29.8 Å². The number of hydrogen-bond acceptors (Lipinski definition) is 5. The fraction of sp³-hybridized carbons (Fsp3) is 0.529. The van der Waals surface area contributed by atoms with Gasteiger partial charge < -0.3 is 5.32 Å². The van der Waals surface area contributed by atoms with E-state index in [-0.39, 0.29) is 0 Å². The molecule has 122 valence electrons. The summed E-state index contributed by atoms with van der Waals surface area (Å²) in [5, 5.41) is 7.49. The van der Waals surface area contributed by atoms with Crippen LogP contribution in [0.3, 0.4) is 0 Å². The van der Waals surface area contributed by atoms with Crippen LogP contribution in [0, 0.1) is 5.41 Å². The Balaban J connectivity index is 1.53. The molecule has 0 radical (unpaired) electrons. The van der Waals surface area contributed by atoms with Crippen molar-refractivity contribution in [2.24, 2.45) is 5.41 Å². The third-order valence-corrected chi connectivity index (χ3v) is 6.34. The van der Waals surface area contributed by atoms with E-state index >= 15 is 0 Å². The summed E-state index contributed by atoms with van der Waals surface area (Å²) in [6, 6.07) is 2.69. The van der Waals surface area contributed by atoms with Crippen LogP contribution >= 0.6 is 22.9 Å². The van der Waals surface area contributed by atoms with Crippen molar-refractivity contribution in [3.63, 3.8) is 0 Å². The molecule has 2 aliphatic rings. The predicted octanol–water partition coefficient (Wildman–Crippen LogP) is 3.34. The Labute approximate surface area is 145 Å². The van der Waals surface area contributed by atoms with Crippen molar-refractivity contribution in [1.29, 1.82) is 0 Å².